The van der Waals surface area contributed by atoms with E-state index >= 15 is 0 Å². The van der Waals surface area contributed by atoms with Crippen LogP contribution in [0.1, 0.15) is 27.8 Å². The van der Waals surface area contributed by atoms with Crippen LogP contribution in [-0.4, -0.2) is 18.5 Å². The number of hydrogen-bond acceptors (Lipinski definition) is 5. The zero-order valence-corrected chi connectivity index (χ0v) is 13.4. The number of fused-ring (bicyclic) bond motifs is 1. The molecule has 0 atom stereocenters. The standard InChI is InChI=1S/C19H15NO5/c1-2-24-19(23)17-11-15(21)14-10-13(8-9-16(14)25-17)20-18(22)12-6-4-3-5-7-12/h3-11H,2H2,1H3,(H,20,22). The van der Waals surface area contributed by atoms with Crippen molar-refractivity contribution in [3.05, 3.63) is 76.1 Å². The van der Waals surface area contributed by atoms with Crippen LogP contribution in [0.3, 0.4) is 0 Å². The minimum Gasteiger partial charge on any atom is -0.460 e. The second-order valence-corrected chi connectivity index (χ2v) is 5.23. The summed E-state index contributed by atoms with van der Waals surface area (Å²) in [6, 6.07) is 14.5. The Morgan fingerprint density at radius 3 is 2.56 bits per heavy atom. The van der Waals surface area contributed by atoms with Crippen LogP contribution >= 0.6 is 0 Å². The van der Waals surface area contributed by atoms with Crippen LogP contribution in [-0.2, 0) is 4.74 Å². The molecule has 0 radical (unpaired) electrons. The van der Waals surface area contributed by atoms with Gasteiger partial charge in [-0.1, -0.05) is 18.2 Å². The number of anilines is 1. The van der Waals surface area contributed by atoms with Crippen molar-refractivity contribution in [3.8, 4) is 0 Å². The fourth-order valence-electron chi connectivity index (χ4n) is 2.33. The highest BCUT2D eigenvalue weighted by Crippen LogP contribution is 2.19. The van der Waals surface area contributed by atoms with Crippen LogP contribution < -0.4 is 10.7 Å². The Balaban J connectivity index is 1.91. The van der Waals surface area contributed by atoms with E-state index in [0.29, 0.717) is 11.3 Å². The van der Waals surface area contributed by atoms with Crippen molar-refractivity contribution < 1.29 is 18.7 Å². The first-order valence-electron chi connectivity index (χ1n) is 7.70. The van der Waals surface area contributed by atoms with Crippen molar-refractivity contribution in [2.24, 2.45) is 0 Å². The quantitative estimate of drug-likeness (QED) is 0.739. The molecule has 0 aliphatic heterocycles. The molecular formula is C19H15NO5. The van der Waals surface area contributed by atoms with Gasteiger partial charge in [-0.2, -0.15) is 0 Å². The topological polar surface area (TPSA) is 85.6 Å². The van der Waals surface area contributed by atoms with E-state index in [-0.39, 0.29) is 34.7 Å². The summed E-state index contributed by atoms with van der Waals surface area (Å²) in [5.74, 6) is -1.13. The molecule has 0 fully saturated rings. The maximum Gasteiger partial charge on any atom is 0.374 e. The molecule has 2 aromatic carbocycles. The molecule has 0 aliphatic carbocycles. The number of carbonyl (C=O) groups excluding carboxylic acids is 2. The van der Waals surface area contributed by atoms with Crippen LogP contribution in [0.2, 0.25) is 0 Å². The Morgan fingerprint density at radius 1 is 1.08 bits per heavy atom. The molecule has 0 aliphatic rings. The number of benzene rings is 2. The number of amides is 1. The molecule has 0 saturated carbocycles. The molecule has 1 N–H and O–H groups in total. The molecule has 25 heavy (non-hydrogen) atoms. The number of hydrogen-bond donors (Lipinski definition) is 1. The van der Waals surface area contributed by atoms with Crippen molar-refractivity contribution in [2.45, 2.75) is 6.92 Å². The number of nitrogens with one attached hydrogen (secondary N) is 1. The molecule has 126 valence electrons. The third-order valence-electron chi connectivity index (χ3n) is 3.50. The van der Waals surface area contributed by atoms with Crippen LogP contribution in [0.4, 0.5) is 5.69 Å². The summed E-state index contributed by atoms with van der Waals surface area (Å²) in [5, 5.41) is 2.99. The summed E-state index contributed by atoms with van der Waals surface area (Å²) in [6.07, 6.45) is 0. The fraction of sp³-hybridized carbons (Fsp3) is 0.105. The average molecular weight is 337 g/mol. The molecule has 0 spiro atoms. The van der Waals surface area contributed by atoms with Gasteiger partial charge in [0.25, 0.3) is 5.91 Å². The van der Waals surface area contributed by atoms with Gasteiger partial charge in [0.15, 0.2) is 5.43 Å². The maximum atomic E-state index is 12.2. The summed E-state index contributed by atoms with van der Waals surface area (Å²) in [7, 11) is 0. The van der Waals surface area contributed by atoms with Gasteiger partial charge in [-0.15, -0.1) is 0 Å². The van der Waals surface area contributed by atoms with Gasteiger partial charge in [0, 0.05) is 17.3 Å². The van der Waals surface area contributed by atoms with Crippen LogP contribution in [0.25, 0.3) is 11.0 Å². The summed E-state index contributed by atoms with van der Waals surface area (Å²) < 4.78 is 10.2. The monoisotopic (exact) mass is 337 g/mol. The van der Waals surface area contributed by atoms with E-state index in [1.54, 1.807) is 37.3 Å². The molecule has 1 aromatic heterocycles. The third kappa shape index (κ3) is 3.58. The van der Waals surface area contributed by atoms with Gasteiger partial charge in [0.05, 0.1) is 12.0 Å². The highest BCUT2D eigenvalue weighted by Gasteiger charge is 2.14. The van der Waals surface area contributed by atoms with Gasteiger partial charge in [-0.25, -0.2) is 4.79 Å². The largest absolute Gasteiger partial charge is 0.460 e. The van der Waals surface area contributed by atoms with Crippen molar-refractivity contribution in [3.63, 3.8) is 0 Å². The minimum atomic E-state index is -0.692. The van der Waals surface area contributed by atoms with Gasteiger partial charge in [0.2, 0.25) is 5.76 Å². The van der Waals surface area contributed by atoms with Crippen molar-refractivity contribution in [2.75, 3.05) is 11.9 Å². The first kappa shape index (κ1) is 16.4. The summed E-state index contributed by atoms with van der Waals surface area (Å²) in [6.45, 7) is 1.85. The number of esters is 1. The van der Waals surface area contributed by atoms with Gasteiger partial charge < -0.3 is 14.5 Å². The molecule has 6 heteroatoms. The first-order chi connectivity index (χ1) is 12.1. The van der Waals surface area contributed by atoms with E-state index in [1.165, 1.54) is 12.1 Å². The summed E-state index contributed by atoms with van der Waals surface area (Å²) >= 11 is 0. The molecule has 3 aromatic rings. The Kier molecular flexibility index (Phi) is 4.61. The van der Waals surface area contributed by atoms with E-state index in [9.17, 15) is 14.4 Å². The SMILES string of the molecule is CCOC(=O)c1cc(=O)c2cc(NC(=O)c3ccccc3)ccc2o1. The Bertz CT molecular complexity index is 992. The molecule has 6 nitrogen and oxygen atoms in total. The smallest absolute Gasteiger partial charge is 0.374 e. The van der Waals surface area contributed by atoms with Gasteiger partial charge in [-0.05, 0) is 37.3 Å². The lowest BCUT2D eigenvalue weighted by Gasteiger charge is -2.07. The van der Waals surface area contributed by atoms with Crippen molar-refractivity contribution >= 4 is 28.5 Å². The molecule has 0 bridgehead atoms. The van der Waals surface area contributed by atoms with E-state index in [2.05, 4.69) is 5.32 Å². The molecule has 1 amide bonds. The van der Waals surface area contributed by atoms with E-state index < -0.39 is 5.97 Å². The van der Waals surface area contributed by atoms with Gasteiger partial charge in [0.1, 0.15) is 5.58 Å². The lowest BCUT2D eigenvalue weighted by molar-refractivity contribution is 0.0490. The maximum absolute atomic E-state index is 12.2. The Hall–Kier alpha value is -3.41. The number of rotatable bonds is 4. The highest BCUT2D eigenvalue weighted by atomic mass is 16.5. The Morgan fingerprint density at radius 2 is 1.84 bits per heavy atom. The molecule has 0 saturated heterocycles. The van der Waals surface area contributed by atoms with Crippen molar-refractivity contribution in [1.29, 1.82) is 0 Å². The van der Waals surface area contributed by atoms with Crippen LogP contribution in [0.5, 0.6) is 0 Å². The number of ether oxygens (including phenoxy) is 1. The van der Waals surface area contributed by atoms with Gasteiger partial charge in [-0.3, -0.25) is 9.59 Å². The predicted octanol–water partition coefficient (Wildman–Crippen LogP) is 3.22. The van der Waals surface area contributed by atoms with Crippen molar-refractivity contribution in [1.82, 2.24) is 0 Å². The first-order valence-corrected chi connectivity index (χ1v) is 7.70. The molecular weight excluding hydrogens is 322 g/mol. The second-order valence-electron chi connectivity index (χ2n) is 5.23. The van der Waals surface area contributed by atoms with E-state index in [1.807, 2.05) is 6.07 Å². The van der Waals surface area contributed by atoms with Gasteiger partial charge >= 0.3 is 5.97 Å². The lowest BCUT2D eigenvalue weighted by Crippen LogP contribution is -2.13. The zero-order valence-electron chi connectivity index (χ0n) is 13.4. The fourth-order valence-corrected chi connectivity index (χ4v) is 2.33. The molecule has 1 heterocycles. The second kappa shape index (κ2) is 7.00. The average Bonchev–Trinajstić information content (AvgIpc) is 2.63. The molecule has 3 rings (SSSR count). The summed E-state index contributed by atoms with van der Waals surface area (Å²) in [4.78, 5) is 36.1. The minimum absolute atomic E-state index is 0.152. The predicted molar refractivity (Wildman–Crippen MR) is 92.8 cm³/mol. The zero-order chi connectivity index (χ0) is 17.8. The van der Waals surface area contributed by atoms with E-state index in [4.69, 9.17) is 9.15 Å². The normalized spacial score (nSPS) is 10.4. The molecule has 0 unspecified atom stereocenters. The van der Waals surface area contributed by atoms with Crippen LogP contribution in [0, 0.1) is 0 Å². The number of carbonyl (C=O) groups is 2. The van der Waals surface area contributed by atoms with Crippen LogP contribution in [0.15, 0.2) is 63.8 Å². The lowest BCUT2D eigenvalue weighted by atomic mass is 10.1. The highest BCUT2D eigenvalue weighted by molar-refractivity contribution is 6.05. The summed E-state index contributed by atoms with van der Waals surface area (Å²) in [5.41, 5.74) is 0.818. The Labute approximate surface area is 143 Å². The van der Waals surface area contributed by atoms with E-state index in [0.717, 1.165) is 6.07 Å². The third-order valence-corrected chi connectivity index (χ3v) is 3.50.